The molecule has 0 spiro atoms. The Hall–Kier alpha value is -3.64. The SMILES string of the molecule is Fc1c(N(C2CCC2)[N+]23C=CN=CC2=CN=C3)ccc2ccc(-c3ccccc3)nc12. The lowest BCUT2D eigenvalue weighted by molar-refractivity contribution is -0.746. The second-order valence-electron chi connectivity index (χ2n) is 8.10. The van der Waals surface area contributed by atoms with Crippen LogP contribution in [0.15, 0.2) is 88.9 Å². The average molecular weight is 410 g/mol. The van der Waals surface area contributed by atoms with Crippen molar-refractivity contribution in [2.45, 2.75) is 25.3 Å². The van der Waals surface area contributed by atoms with Crippen LogP contribution in [-0.2, 0) is 0 Å². The van der Waals surface area contributed by atoms with Gasteiger partial charge in [0.25, 0.3) is 0 Å². The second-order valence-corrected chi connectivity index (χ2v) is 8.10. The first-order chi connectivity index (χ1) is 15.3. The third-order valence-electron chi connectivity index (χ3n) is 6.32. The third-order valence-corrected chi connectivity index (χ3v) is 6.32. The summed E-state index contributed by atoms with van der Waals surface area (Å²) in [4.78, 5) is 13.4. The second kappa shape index (κ2) is 6.96. The van der Waals surface area contributed by atoms with Crippen LogP contribution >= 0.6 is 0 Å². The van der Waals surface area contributed by atoms with Crippen molar-refractivity contribution < 1.29 is 8.98 Å². The lowest BCUT2D eigenvalue weighted by Crippen LogP contribution is -2.61. The highest BCUT2D eigenvalue weighted by Gasteiger charge is 2.47. The van der Waals surface area contributed by atoms with Crippen molar-refractivity contribution in [3.63, 3.8) is 0 Å². The first-order valence-electron chi connectivity index (χ1n) is 10.6. The maximum Gasteiger partial charge on any atom is 0.225 e. The zero-order chi connectivity index (χ0) is 20.8. The van der Waals surface area contributed by atoms with E-state index in [1.165, 1.54) is 0 Å². The van der Waals surface area contributed by atoms with Gasteiger partial charge < -0.3 is 0 Å². The molecule has 0 N–H and O–H groups in total. The number of hydrogen-bond donors (Lipinski definition) is 0. The van der Waals surface area contributed by atoms with E-state index in [9.17, 15) is 0 Å². The summed E-state index contributed by atoms with van der Waals surface area (Å²) in [5.41, 5.74) is 3.56. The van der Waals surface area contributed by atoms with Crippen LogP contribution in [0.1, 0.15) is 19.3 Å². The molecule has 0 radical (unpaired) electrons. The molecule has 3 aromatic rings. The molecule has 0 bridgehead atoms. The number of nitrogens with zero attached hydrogens (tertiary/aromatic N) is 5. The molecule has 2 aromatic carbocycles. The lowest BCUT2D eigenvalue weighted by atomic mass is 9.91. The summed E-state index contributed by atoms with van der Waals surface area (Å²) in [5, 5.41) is 2.91. The van der Waals surface area contributed by atoms with Gasteiger partial charge in [-0.25, -0.2) is 19.4 Å². The van der Waals surface area contributed by atoms with Crippen LogP contribution in [0.25, 0.3) is 22.2 Å². The van der Waals surface area contributed by atoms with E-state index >= 15 is 4.39 Å². The molecule has 1 unspecified atom stereocenters. The van der Waals surface area contributed by atoms with E-state index in [1.807, 2.05) is 67.1 Å². The van der Waals surface area contributed by atoms with Crippen molar-refractivity contribution in [1.29, 1.82) is 0 Å². The highest BCUT2D eigenvalue weighted by atomic mass is 19.1. The molecule has 1 atom stereocenters. The Morgan fingerprint density at radius 3 is 2.61 bits per heavy atom. The maximum atomic E-state index is 16.1. The summed E-state index contributed by atoms with van der Waals surface area (Å²) in [5.74, 6) is -0.301. The number of quaternary nitrogens is 1. The molecule has 3 heterocycles. The first-order valence-corrected chi connectivity index (χ1v) is 10.6. The first kappa shape index (κ1) is 18.2. The Kier molecular flexibility index (Phi) is 4.07. The largest absolute Gasteiger partial charge is 0.253 e. The van der Waals surface area contributed by atoms with Gasteiger partial charge in [0, 0.05) is 10.9 Å². The van der Waals surface area contributed by atoms with Crippen LogP contribution < -0.4 is 5.01 Å². The van der Waals surface area contributed by atoms with Crippen molar-refractivity contribution in [1.82, 2.24) is 4.98 Å². The number of pyridine rings is 1. The monoisotopic (exact) mass is 410 g/mol. The van der Waals surface area contributed by atoms with Gasteiger partial charge >= 0.3 is 0 Å². The van der Waals surface area contributed by atoms with Crippen molar-refractivity contribution in [3.05, 3.63) is 84.7 Å². The molecule has 152 valence electrons. The minimum Gasteiger partial charge on any atom is -0.253 e. The van der Waals surface area contributed by atoms with Crippen molar-refractivity contribution in [2.24, 2.45) is 9.98 Å². The van der Waals surface area contributed by atoms with Crippen LogP contribution in [0.5, 0.6) is 0 Å². The Morgan fingerprint density at radius 1 is 0.968 bits per heavy atom. The van der Waals surface area contributed by atoms with Crippen molar-refractivity contribution in [2.75, 3.05) is 5.01 Å². The van der Waals surface area contributed by atoms with E-state index in [0.29, 0.717) is 11.2 Å². The van der Waals surface area contributed by atoms with Crippen LogP contribution in [-0.4, -0.2) is 28.2 Å². The van der Waals surface area contributed by atoms with E-state index in [0.717, 1.165) is 41.6 Å². The van der Waals surface area contributed by atoms with E-state index in [4.69, 9.17) is 4.98 Å². The Balaban J connectivity index is 1.53. The summed E-state index contributed by atoms with van der Waals surface area (Å²) in [6.45, 7) is 0. The minimum absolute atomic E-state index is 0.216. The summed E-state index contributed by atoms with van der Waals surface area (Å²) in [6.07, 6.45) is 12.3. The number of aliphatic imine (C=N–C) groups is 2. The van der Waals surface area contributed by atoms with Crippen LogP contribution in [0.4, 0.5) is 10.1 Å². The van der Waals surface area contributed by atoms with Gasteiger partial charge in [-0.15, -0.1) is 4.59 Å². The fraction of sp³-hybridized carbons (Fsp3) is 0.160. The number of fused-ring (bicyclic) bond motifs is 2. The van der Waals surface area contributed by atoms with Crippen LogP contribution in [0.2, 0.25) is 0 Å². The maximum absolute atomic E-state index is 16.1. The predicted molar refractivity (Wildman–Crippen MR) is 122 cm³/mol. The standard InChI is InChI=1S/C25H21FN5/c26-24-23(12-10-19-9-11-22(29-25(19)24)18-5-2-1-3-6-18)30(20-7-4-8-20)31-14-13-27-15-21(31)16-28-17-31/h1-3,5-6,9-17,20H,4,7-8H2/q+1. The summed E-state index contributed by atoms with van der Waals surface area (Å²) >= 11 is 0. The van der Waals surface area contributed by atoms with Crippen LogP contribution in [0, 0.1) is 5.82 Å². The normalized spacial score (nSPS) is 21.8. The Bertz CT molecular complexity index is 1290. The molecule has 1 aromatic heterocycles. The van der Waals surface area contributed by atoms with E-state index in [-0.39, 0.29) is 16.5 Å². The van der Waals surface area contributed by atoms with Gasteiger partial charge in [-0.1, -0.05) is 42.5 Å². The number of halogens is 1. The molecule has 2 aliphatic heterocycles. The Labute approximate surface area is 179 Å². The molecule has 1 fully saturated rings. The molecule has 0 amide bonds. The predicted octanol–water partition coefficient (Wildman–Crippen LogP) is 5.57. The molecular formula is C25H21FN5+. The van der Waals surface area contributed by atoms with E-state index in [2.05, 4.69) is 15.0 Å². The van der Waals surface area contributed by atoms with Crippen molar-refractivity contribution >= 4 is 29.1 Å². The molecule has 3 aliphatic rings. The summed E-state index contributed by atoms with van der Waals surface area (Å²) in [7, 11) is 0. The van der Waals surface area contributed by atoms with Gasteiger partial charge in [-0.2, -0.15) is 0 Å². The summed E-state index contributed by atoms with van der Waals surface area (Å²) in [6, 6.07) is 17.8. The average Bonchev–Trinajstić information content (AvgIpc) is 3.22. The molecule has 6 heteroatoms. The fourth-order valence-corrected chi connectivity index (χ4v) is 4.50. The smallest absolute Gasteiger partial charge is 0.225 e. The van der Waals surface area contributed by atoms with E-state index in [1.54, 1.807) is 18.6 Å². The highest BCUT2D eigenvalue weighted by molar-refractivity contribution is 5.87. The number of aromatic nitrogens is 1. The number of hydrogen-bond acceptors (Lipinski definition) is 4. The zero-order valence-electron chi connectivity index (χ0n) is 16.9. The number of allylic oxidation sites excluding steroid dienone is 1. The molecule has 1 aliphatic carbocycles. The number of rotatable bonds is 4. The molecule has 1 saturated carbocycles. The van der Waals surface area contributed by atoms with Gasteiger partial charge in [0.1, 0.15) is 11.2 Å². The number of anilines is 1. The molecule has 5 nitrogen and oxygen atoms in total. The third kappa shape index (κ3) is 2.75. The fourth-order valence-electron chi connectivity index (χ4n) is 4.50. The summed E-state index contributed by atoms with van der Waals surface area (Å²) < 4.78 is 16.3. The highest BCUT2D eigenvalue weighted by Crippen LogP contribution is 2.41. The topological polar surface area (TPSA) is 40.9 Å². The van der Waals surface area contributed by atoms with E-state index < -0.39 is 0 Å². The quantitative estimate of drug-likeness (QED) is 0.528. The van der Waals surface area contributed by atoms with Gasteiger partial charge in [0.2, 0.25) is 12.0 Å². The van der Waals surface area contributed by atoms with Crippen LogP contribution in [0.3, 0.4) is 0 Å². The molecular weight excluding hydrogens is 389 g/mol. The van der Waals surface area contributed by atoms with Crippen molar-refractivity contribution in [3.8, 4) is 11.3 Å². The molecule has 0 saturated heterocycles. The molecule has 31 heavy (non-hydrogen) atoms. The van der Waals surface area contributed by atoms with Gasteiger partial charge in [-0.3, -0.25) is 4.99 Å². The van der Waals surface area contributed by atoms with Gasteiger partial charge in [0.05, 0.1) is 30.4 Å². The number of benzene rings is 2. The Morgan fingerprint density at radius 2 is 1.81 bits per heavy atom. The lowest BCUT2D eigenvalue weighted by Gasteiger charge is -2.46. The van der Waals surface area contributed by atoms with Gasteiger partial charge in [0.15, 0.2) is 12.0 Å². The van der Waals surface area contributed by atoms with Gasteiger partial charge in [-0.05, 0) is 31.4 Å². The minimum atomic E-state index is -0.301. The zero-order valence-corrected chi connectivity index (χ0v) is 16.9. The molecule has 6 rings (SSSR count).